The number of carbonyl (C=O) groups is 1. The van der Waals surface area contributed by atoms with Crippen LogP contribution < -0.4 is 5.32 Å². The summed E-state index contributed by atoms with van der Waals surface area (Å²) in [5.74, 6) is 0.417. The van der Waals surface area contributed by atoms with E-state index < -0.39 is 5.54 Å². The highest BCUT2D eigenvalue weighted by atomic mass is 16.5. The highest BCUT2D eigenvalue weighted by Gasteiger charge is 2.48. The predicted octanol–water partition coefficient (Wildman–Crippen LogP) is 3.03. The van der Waals surface area contributed by atoms with Crippen molar-refractivity contribution in [1.82, 2.24) is 5.32 Å². The van der Waals surface area contributed by atoms with Crippen molar-refractivity contribution in [1.29, 1.82) is 0 Å². The molecule has 2 atom stereocenters. The second-order valence-electron chi connectivity index (χ2n) is 5.94. The first-order valence-corrected chi connectivity index (χ1v) is 7.59. The Balaban J connectivity index is 2.16. The molecule has 2 aliphatic carbocycles. The van der Waals surface area contributed by atoms with Gasteiger partial charge in [0.15, 0.2) is 0 Å². The zero-order valence-corrected chi connectivity index (χ0v) is 11.8. The Morgan fingerprint density at radius 2 is 1.89 bits per heavy atom. The van der Waals surface area contributed by atoms with E-state index in [0.717, 1.165) is 25.7 Å². The average Bonchev–Trinajstić information content (AvgIpc) is 2.91. The standard InChI is InChI=1S/C15H27NO2/c1-3-12-8-6-7-11-15(12,14(17)18-2)16-13-9-4-5-10-13/h12-13,16H,3-11H2,1-2H3. The number of ether oxygens (including phenoxy) is 1. The van der Waals surface area contributed by atoms with E-state index in [-0.39, 0.29) is 5.97 Å². The first-order valence-electron chi connectivity index (χ1n) is 7.59. The van der Waals surface area contributed by atoms with Gasteiger partial charge in [0.2, 0.25) is 0 Å². The van der Waals surface area contributed by atoms with Crippen LogP contribution in [0, 0.1) is 5.92 Å². The number of hydrogen-bond acceptors (Lipinski definition) is 3. The third-order valence-electron chi connectivity index (χ3n) is 4.93. The molecule has 2 saturated carbocycles. The summed E-state index contributed by atoms with van der Waals surface area (Å²) in [4.78, 5) is 12.4. The molecule has 0 aliphatic heterocycles. The lowest BCUT2D eigenvalue weighted by molar-refractivity contribution is -0.154. The van der Waals surface area contributed by atoms with Gasteiger partial charge in [0.1, 0.15) is 5.54 Å². The minimum atomic E-state index is -0.392. The summed E-state index contributed by atoms with van der Waals surface area (Å²) in [7, 11) is 1.53. The molecule has 2 aliphatic rings. The Hall–Kier alpha value is -0.570. The first kappa shape index (κ1) is 13.9. The van der Waals surface area contributed by atoms with Crippen molar-refractivity contribution in [3.8, 4) is 0 Å². The predicted molar refractivity (Wildman–Crippen MR) is 72.4 cm³/mol. The quantitative estimate of drug-likeness (QED) is 0.783. The minimum absolute atomic E-state index is 0.0269. The fourth-order valence-corrected chi connectivity index (χ4v) is 3.93. The Morgan fingerprint density at radius 3 is 2.50 bits per heavy atom. The molecule has 2 unspecified atom stereocenters. The number of methoxy groups -OCH3 is 1. The van der Waals surface area contributed by atoms with Gasteiger partial charge in [-0.3, -0.25) is 10.1 Å². The van der Waals surface area contributed by atoms with Crippen LogP contribution >= 0.6 is 0 Å². The van der Waals surface area contributed by atoms with Gasteiger partial charge >= 0.3 is 5.97 Å². The maximum Gasteiger partial charge on any atom is 0.326 e. The third-order valence-corrected chi connectivity index (χ3v) is 4.93. The summed E-state index contributed by atoms with van der Waals surface area (Å²) in [5, 5.41) is 3.71. The summed E-state index contributed by atoms with van der Waals surface area (Å²) in [5.41, 5.74) is -0.392. The number of rotatable bonds is 4. The van der Waals surface area contributed by atoms with Crippen LogP contribution in [-0.4, -0.2) is 24.7 Å². The zero-order valence-electron chi connectivity index (χ0n) is 11.8. The van der Waals surface area contributed by atoms with Crippen molar-refractivity contribution < 1.29 is 9.53 Å². The molecule has 0 bridgehead atoms. The Morgan fingerprint density at radius 1 is 1.22 bits per heavy atom. The number of nitrogens with one attached hydrogen (secondary N) is 1. The number of hydrogen-bond donors (Lipinski definition) is 1. The Bertz CT molecular complexity index is 286. The van der Waals surface area contributed by atoms with Crippen LogP contribution in [0.3, 0.4) is 0 Å². The lowest BCUT2D eigenvalue weighted by atomic mass is 9.71. The van der Waals surface area contributed by atoms with Gasteiger partial charge in [-0.15, -0.1) is 0 Å². The van der Waals surface area contributed by atoms with E-state index in [4.69, 9.17) is 4.74 Å². The smallest absolute Gasteiger partial charge is 0.326 e. The van der Waals surface area contributed by atoms with Gasteiger partial charge in [-0.25, -0.2) is 0 Å². The first-order chi connectivity index (χ1) is 8.73. The topological polar surface area (TPSA) is 38.3 Å². The normalized spacial score (nSPS) is 33.6. The van der Waals surface area contributed by atoms with Crippen molar-refractivity contribution in [2.24, 2.45) is 5.92 Å². The molecule has 1 N–H and O–H groups in total. The van der Waals surface area contributed by atoms with Gasteiger partial charge in [0.25, 0.3) is 0 Å². The average molecular weight is 253 g/mol. The molecule has 2 fully saturated rings. The van der Waals surface area contributed by atoms with Gasteiger partial charge in [-0.05, 0) is 31.6 Å². The molecule has 0 radical (unpaired) electrons. The molecule has 0 aromatic heterocycles. The van der Waals surface area contributed by atoms with Crippen molar-refractivity contribution in [3.05, 3.63) is 0 Å². The van der Waals surface area contributed by atoms with E-state index >= 15 is 0 Å². The number of carbonyl (C=O) groups excluding carboxylic acids is 1. The van der Waals surface area contributed by atoms with E-state index in [2.05, 4.69) is 12.2 Å². The van der Waals surface area contributed by atoms with Gasteiger partial charge in [0, 0.05) is 6.04 Å². The molecule has 0 aromatic carbocycles. The monoisotopic (exact) mass is 253 g/mol. The van der Waals surface area contributed by atoms with Crippen LogP contribution in [0.1, 0.15) is 64.7 Å². The van der Waals surface area contributed by atoms with Crippen LogP contribution in [0.5, 0.6) is 0 Å². The molecule has 0 heterocycles. The zero-order chi connectivity index (χ0) is 13.0. The van der Waals surface area contributed by atoms with Crippen LogP contribution in [-0.2, 0) is 9.53 Å². The van der Waals surface area contributed by atoms with Crippen LogP contribution in [0.2, 0.25) is 0 Å². The summed E-state index contributed by atoms with van der Waals surface area (Å²) in [6.07, 6.45) is 10.6. The second kappa shape index (κ2) is 6.05. The molecular formula is C15H27NO2. The van der Waals surface area contributed by atoms with Gasteiger partial charge in [-0.2, -0.15) is 0 Å². The largest absolute Gasteiger partial charge is 0.468 e. The van der Waals surface area contributed by atoms with Crippen molar-refractivity contribution in [3.63, 3.8) is 0 Å². The molecule has 18 heavy (non-hydrogen) atoms. The van der Waals surface area contributed by atoms with Crippen LogP contribution in [0.4, 0.5) is 0 Å². The fraction of sp³-hybridized carbons (Fsp3) is 0.933. The van der Waals surface area contributed by atoms with E-state index in [1.807, 2.05) is 0 Å². The highest BCUT2D eigenvalue weighted by Crippen LogP contribution is 2.38. The molecule has 0 amide bonds. The van der Waals surface area contributed by atoms with Gasteiger partial charge < -0.3 is 4.74 Å². The van der Waals surface area contributed by atoms with Gasteiger partial charge in [-0.1, -0.05) is 39.0 Å². The van der Waals surface area contributed by atoms with Crippen LogP contribution in [0.15, 0.2) is 0 Å². The molecule has 3 heteroatoms. The minimum Gasteiger partial charge on any atom is -0.468 e. The highest BCUT2D eigenvalue weighted by molar-refractivity contribution is 5.81. The number of esters is 1. The molecule has 104 valence electrons. The summed E-state index contributed by atoms with van der Waals surface area (Å²) >= 11 is 0. The summed E-state index contributed by atoms with van der Waals surface area (Å²) in [6, 6.07) is 0.524. The van der Waals surface area contributed by atoms with Crippen molar-refractivity contribution in [2.75, 3.05) is 7.11 Å². The lowest BCUT2D eigenvalue weighted by Crippen LogP contribution is -2.61. The maximum absolute atomic E-state index is 12.4. The van der Waals surface area contributed by atoms with Gasteiger partial charge in [0.05, 0.1) is 7.11 Å². The molecule has 0 saturated heterocycles. The fourth-order valence-electron chi connectivity index (χ4n) is 3.93. The molecule has 0 spiro atoms. The second-order valence-corrected chi connectivity index (χ2v) is 5.94. The molecule has 0 aromatic rings. The lowest BCUT2D eigenvalue weighted by Gasteiger charge is -2.44. The molecule has 3 nitrogen and oxygen atoms in total. The molecular weight excluding hydrogens is 226 g/mol. The molecule has 2 rings (SSSR count). The summed E-state index contributed by atoms with van der Waals surface area (Å²) < 4.78 is 5.13. The van der Waals surface area contributed by atoms with E-state index in [1.165, 1.54) is 39.2 Å². The maximum atomic E-state index is 12.4. The third kappa shape index (κ3) is 2.56. The Kier molecular flexibility index (Phi) is 4.66. The van der Waals surface area contributed by atoms with E-state index in [9.17, 15) is 4.79 Å². The van der Waals surface area contributed by atoms with Crippen LogP contribution in [0.25, 0.3) is 0 Å². The van der Waals surface area contributed by atoms with Crippen molar-refractivity contribution >= 4 is 5.97 Å². The summed E-state index contributed by atoms with van der Waals surface area (Å²) in [6.45, 7) is 2.20. The SMILES string of the molecule is CCC1CCCCC1(NC1CCCC1)C(=O)OC. The Labute approximate surface area is 111 Å². The van der Waals surface area contributed by atoms with Crippen molar-refractivity contribution in [2.45, 2.75) is 76.3 Å². The van der Waals surface area contributed by atoms with E-state index in [1.54, 1.807) is 0 Å². The van der Waals surface area contributed by atoms with E-state index in [0.29, 0.717) is 12.0 Å².